The minimum absolute atomic E-state index is 0.0435. The molecule has 3 N–H and O–H groups in total. The first-order chi connectivity index (χ1) is 10.7. The lowest BCUT2D eigenvalue weighted by Gasteiger charge is -2.34. The highest BCUT2D eigenvalue weighted by atomic mass is 16.5. The van der Waals surface area contributed by atoms with E-state index in [0.29, 0.717) is 11.4 Å². The molecule has 22 heavy (non-hydrogen) atoms. The summed E-state index contributed by atoms with van der Waals surface area (Å²) < 4.78 is 5.46. The first-order valence-electron chi connectivity index (χ1n) is 7.51. The highest BCUT2D eigenvalue weighted by Crippen LogP contribution is 2.35. The van der Waals surface area contributed by atoms with Gasteiger partial charge in [-0.2, -0.15) is 0 Å². The lowest BCUT2D eigenvalue weighted by molar-refractivity contribution is -0.121. The van der Waals surface area contributed by atoms with Gasteiger partial charge in [0.05, 0.1) is 24.9 Å². The smallest absolute Gasteiger partial charge is 0.265 e. The fourth-order valence-corrected chi connectivity index (χ4v) is 2.78. The van der Waals surface area contributed by atoms with Gasteiger partial charge >= 0.3 is 0 Å². The van der Waals surface area contributed by atoms with Crippen molar-refractivity contribution in [3.8, 4) is 5.75 Å². The normalized spacial score (nSPS) is 19.6. The van der Waals surface area contributed by atoms with Crippen molar-refractivity contribution < 1.29 is 19.7 Å². The van der Waals surface area contributed by atoms with E-state index in [9.17, 15) is 9.90 Å². The van der Waals surface area contributed by atoms with Gasteiger partial charge in [0.15, 0.2) is 6.61 Å². The van der Waals surface area contributed by atoms with Crippen LogP contribution < -0.4 is 19.9 Å². The Morgan fingerprint density at radius 2 is 2.09 bits per heavy atom. The Hall–Kier alpha value is -1.83. The van der Waals surface area contributed by atoms with E-state index in [1.807, 2.05) is 18.2 Å². The van der Waals surface area contributed by atoms with E-state index in [-0.39, 0.29) is 25.7 Å². The van der Waals surface area contributed by atoms with Gasteiger partial charge in [-0.25, -0.2) is 0 Å². The second-order valence-electron chi connectivity index (χ2n) is 5.52. The molecule has 1 atom stereocenters. The fourth-order valence-electron chi connectivity index (χ4n) is 2.78. The van der Waals surface area contributed by atoms with Gasteiger partial charge in [0.1, 0.15) is 5.75 Å². The molecule has 2 aliphatic heterocycles. The minimum atomic E-state index is -0.960. The number of benzene rings is 1. The summed E-state index contributed by atoms with van der Waals surface area (Å²) in [5.74, 6) is 0.418. The van der Waals surface area contributed by atoms with Gasteiger partial charge in [0.25, 0.3) is 5.91 Å². The number of anilines is 2. The first kappa shape index (κ1) is 15.1. The average molecular weight is 307 g/mol. The molecular formula is C15H21N3O4. The summed E-state index contributed by atoms with van der Waals surface area (Å²) in [5, 5.41) is 22.0. The van der Waals surface area contributed by atoms with Crippen LogP contribution in [0.2, 0.25) is 0 Å². The molecule has 0 aromatic heterocycles. The van der Waals surface area contributed by atoms with Crippen LogP contribution in [-0.2, 0) is 4.79 Å². The number of amides is 1. The molecule has 1 amide bonds. The number of carbonyl (C=O) groups is 1. The number of β-amino-alcohol motifs (C(OH)–C–C–N with tert-alkyl or cyclic N) is 1. The Morgan fingerprint density at radius 1 is 1.32 bits per heavy atom. The Labute approximate surface area is 129 Å². The molecule has 7 heteroatoms. The van der Waals surface area contributed by atoms with Gasteiger partial charge in [-0.1, -0.05) is 0 Å². The second kappa shape index (κ2) is 6.51. The third kappa shape index (κ3) is 3.01. The van der Waals surface area contributed by atoms with Crippen molar-refractivity contribution in [2.75, 3.05) is 55.7 Å². The predicted octanol–water partition coefficient (Wildman–Crippen LogP) is -0.825. The van der Waals surface area contributed by atoms with Crippen molar-refractivity contribution in [3.05, 3.63) is 18.2 Å². The Kier molecular flexibility index (Phi) is 4.47. The molecular weight excluding hydrogens is 286 g/mol. The summed E-state index contributed by atoms with van der Waals surface area (Å²) in [6.45, 7) is 3.32. The second-order valence-corrected chi connectivity index (χ2v) is 5.52. The summed E-state index contributed by atoms with van der Waals surface area (Å²) in [5.41, 5.74) is 1.68. The van der Waals surface area contributed by atoms with Crippen molar-refractivity contribution in [2.24, 2.45) is 0 Å². The van der Waals surface area contributed by atoms with Crippen LogP contribution in [0.4, 0.5) is 11.4 Å². The van der Waals surface area contributed by atoms with Gasteiger partial charge in [-0.05, 0) is 18.2 Å². The van der Waals surface area contributed by atoms with Crippen LogP contribution in [0.25, 0.3) is 0 Å². The Bertz CT molecular complexity index is 546. The van der Waals surface area contributed by atoms with Gasteiger partial charge in [-0.15, -0.1) is 0 Å². The number of nitrogens with zero attached hydrogens (tertiary/aromatic N) is 2. The lowest BCUT2D eigenvalue weighted by Crippen LogP contribution is -2.45. The minimum Gasteiger partial charge on any atom is -0.482 e. The Balaban J connectivity index is 1.88. The predicted molar refractivity (Wildman–Crippen MR) is 82.5 cm³/mol. The molecule has 1 unspecified atom stereocenters. The van der Waals surface area contributed by atoms with Crippen molar-refractivity contribution in [1.82, 2.24) is 5.32 Å². The molecule has 3 rings (SSSR count). The quantitative estimate of drug-likeness (QED) is 0.674. The number of carbonyl (C=O) groups excluding carboxylic acids is 1. The molecule has 0 aliphatic carbocycles. The van der Waals surface area contributed by atoms with E-state index in [1.54, 1.807) is 0 Å². The third-order valence-electron chi connectivity index (χ3n) is 3.97. The van der Waals surface area contributed by atoms with Crippen molar-refractivity contribution in [2.45, 2.75) is 6.10 Å². The van der Waals surface area contributed by atoms with Crippen LogP contribution >= 0.6 is 0 Å². The van der Waals surface area contributed by atoms with E-state index >= 15 is 0 Å². The van der Waals surface area contributed by atoms with Crippen molar-refractivity contribution in [3.63, 3.8) is 0 Å². The van der Waals surface area contributed by atoms with E-state index in [2.05, 4.69) is 10.2 Å². The molecule has 0 spiro atoms. The number of fused-ring (bicyclic) bond motifs is 1. The largest absolute Gasteiger partial charge is 0.482 e. The molecule has 1 saturated heterocycles. The summed E-state index contributed by atoms with van der Waals surface area (Å²) in [4.78, 5) is 15.8. The van der Waals surface area contributed by atoms with Crippen LogP contribution in [0.3, 0.4) is 0 Å². The van der Waals surface area contributed by atoms with Gasteiger partial charge < -0.3 is 30.1 Å². The summed E-state index contributed by atoms with van der Waals surface area (Å²) in [7, 11) is 0. The molecule has 120 valence electrons. The van der Waals surface area contributed by atoms with E-state index in [1.165, 1.54) is 4.90 Å². The van der Waals surface area contributed by atoms with Crippen LogP contribution in [-0.4, -0.2) is 68.2 Å². The average Bonchev–Trinajstić information content (AvgIpc) is 2.57. The molecule has 2 heterocycles. The molecule has 1 aromatic carbocycles. The monoisotopic (exact) mass is 307 g/mol. The van der Waals surface area contributed by atoms with Crippen LogP contribution in [0.5, 0.6) is 5.75 Å². The molecule has 0 bridgehead atoms. The van der Waals surface area contributed by atoms with Gasteiger partial charge in [0, 0.05) is 31.9 Å². The fraction of sp³-hybridized carbons (Fsp3) is 0.533. The highest BCUT2D eigenvalue weighted by molar-refractivity contribution is 5.98. The molecule has 1 fully saturated rings. The zero-order valence-electron chi connectivity index (χ0n) is 12.4. The zero-order valence-corrected chi connectivity index (χ0v) is 12.4. The number of ether oxygens (including phenoxy) is 1. The standard InChI is InChI=1S/C15H21N3O4/c19-9-12(20)8-18-13-7-11(17-5-3-16-4-6-17)1-2-14(13)22-10-15(18)21/h1-2,7,12,16,19-20H,3-6,8-10H2. The van der Waals surface area contributed by atoms with E-state index in [4.69, 9.17) is 9.84 Å². The molecule has 1 aromatic rings. The third-order valence-corrected chi connectivity index (χ3v) is 3.97. The summed E-state index contributed by atoms with van der Waals surface area (Å²) >= 11 is 0. The van der Waals surface area contributed by atoms with Crippen molar-refractivity contribution >= 4 is 17.3 Å². The maximum Gasteiger partial charge on any atom is 0.265 e. The van der Waals surface area contributed by atoms with Crippen LogP contribution in [0.15, 0.2) is 18.2 Å². The SMILES string of the molecule is O=C1COc2ccc(N3CCNCC3)cc2N1CC(O)CO. The summed E-state index contributed by atoms with van der Waals surface area (Å²) in [6, 6.07) is 5.76. The number of aliphatic hydroxyl groups is 2. The number of hydrogen-bond acceptors (Lipinski definition) is 6. The van der Waals surface area contributed by atoms with E-state index in [0.717, 1.165) is 31.9 Å². The van der Waals surface area contributed by atoms with Gasteiger partial charge in [-0.3, -0.25) is 4.79 Å². The van der Waals surface area contributed by atoms with Crippen molar-refractivity contribution in [1.29, 1.82) is 0 Å². The molecule has 2 aliphatic rings. The number of aliphatic hydroxyl groups excluding tert-OH is 2. The Morgan fingerprint density at radius 3 is 2.82 bits per heavy atom. The van der Waals surface area contributed by atoms with Crippen LogP contribution in [0.1, 0.15) is 0 Å². The first-order valence-corrected chi connectivity index (χ1v) is 7.51. The number of hydrogen-bond donors (Lipinski definition) is 3. The molecule has 0 radical (unpaired) electrons. The molecule has 7 nitrogen and oxygen atoms in total. The highest BCUT2D eigenvalue weighted by Gasteiger charge is 2.28. The maximum atomic E-state index is 12.1. The maximum absolute atomic E-state index is 12.1. The number of nitrogens with one attached hydrogen (secondary N) is 1. The number of piperazine rings is 1. The number of rotatable bonds is 4. The van der Waals surface area contributed by atoms with E-state index < -0.39 is 6.10 Å². The zero-order chi connectivity index (χ0) is 15.5. The molecule has 0 saturated carbocycles. The van der Waals surface area contributed by atoms with Crippen LogP contribution in [0, 0.1) is 0 Å². The summed E-state index contributed by atoms with van der Waals surface area (Å²) in [6.07, 6.45) is -0.960. The lowest BCUT2D eigenvalue weighted by atomic mass is 10.1. The van der Waals surface area contributed by atoms with Gasteiger partial charge in [0.2, 0.25) is 0 Å². The topological polar surface area (TPSA) is 85.3 Å².